The number of rotatable bonds is 13. The first kappa shape index (κ1) is 34.2. The van der Waals surface area contributed by atoms with Crippen LogP contribution in [0.15, 0.2) is 24.3 Å². The molecule has 1 aliphatic heterocycles. The quantitative estimate of drug-likeness (QED) is 0.177. The number of benzene rings is 1. The number of hydrogen-bond acceptors (Lipinski definition) is 8. The lowest BCUT2D eigenvalue weighted by atomic mass is 9.73. The van der Waals surface area contributed by atoms with Gasteiger partial charge in [-0.25, -0.2) is 9.59 Å². The zero-order valence-corrected chi connectivity index (χ0v) is 22.9. The summed E-state index contributed by atoms with van der Waals surface area (Å²) in [5, 5.41) is 36.8. The molecule has 0 amide bonds. The molecule has 3 atom stereocenters. The van der Waals surface area contributed by atoms with E-state index in [4.69, 9.17) is 10.2 Å². The minimum absolute atomic E-state index is 0.0278. The van der Waals surface area contributed by atoms with Crippen LogP contribution < -0.4 is 0 Å². The van der Waals surface area contributed by atoms with Crippen LogP contribution in [0.2, 0.25) is 0 Å². The van der Waals surface area contributed by atoms with Crippen molar-refractivity contribution >= 4 is 11.9 Å². The third kappa shape index (κ3) is 11.9. The molecule has 0 aliphatic carbocycles. The van der Waals surface area contributed by atoms with Crippen molar-refractivity contribution in [2.45, 2.75) is 85.9 Å². The van der Waals surface area contributed by atoms with E-state index in [1.807, 2.05) is 27.7 Å². The van der Waals surface area contributed by atoms with E-state index in [1.54, 1.807) is 24.3 Å². The van der Waals surface area contributed by atoms with Crippen LogP contribution in [0.4, 0.5) is 0 Å². The van der Waals surface area contributed by atoms with E-state index >= 15 is 0 Å². The lowest BCUT2D eigenvalue weighted by Crippen LogP contribution is -2.44. The van der Waals surface area contributed by atoms with Gasteiger partial charge in [-0.15, -0.1) is 0 Å². The summed E-state index contributed by atoms with van der Waals surface area (Å²) < 4.78 is 8.99. The van der Waals surface area contributed by atoms with Gasteiger partial charge in [-0.05, 0) is 30.4 Å². The standard InChI is InChI=1S/C16H34O2.C8H4O3.C4H10O3/c1-7-9-10-13(8-2)11-14(17)16(5,6)15(18)12(3)4;9-7-5-3-1-2-4-6(5)8(10)11-7;5-1-3-7-4-2-6/h12-15,17-18H,7-11H2,1-6H3;1-4H;5-6H,1-4H2. The zero-order valence-electron chi connectivity index (χ0n) is 22.9. The molecule has 1 aromatic carbocycles. The Morgan fingerprint density at radius 2 is 1.44 bits per heavy atom. The second-order valence-electron chi connectivity index (χ2n) is 9.96. The summed E-state index contributed by atoms with van der Waals surface area (Å²) in [6, 6.07) is 6.53. The number of fused-ring (bicyclic) bond motifs is 1. The fourth-order valence-electron chi connectivity index (χ4n) is 3.92. The molecule has 4 N–H and O–H groups in total. The van der Waals surface area contributed by atoms with E-state index in [9.17, 15) is 19.8 Å². The van der Waals surface area contributed by atoms with Gasteiger partial charge in [0.25, 0.3) is 0 Å². The number of hydrogen-bond donors (Lipinski definition) is 4. The summed E-state index contributed by atoms with van der Waals surface area (Å²) in [4.78, 5) is 21.7. The van der Waals surface area contributed by atoms with Crippen molar-refractivity contribution < 1.29 is 39.5 Å². The van der Waals surface area contributed by atoms with E-state index in [-0.39, 0.29) is 19.1 Å². The number of ether oxygens (including phenoxy) is 2. The summed E-state index contributed by atoms with van der Waals surface area (Å²) >= 11 is 0. The van der Waals surface area contributed by atoms with Crippen LogP contribution in [0.25, 0.3) is 0 Å². The van der Waals surface area contributed by atoms with Gasteiger partial charge in [-0.3, -0.25) is 0 Å². The van der Waals surface area contributed by atoms with Crippen molar-refractivity contribution in [3.63, 3.8) is 0 Å². The van der Waals surface area contributed by atoms with Gasteiger partial charge in [0.1, 0.15) is 0 Å². The van der Waals surface area contributed by atoms with Gasteiger partial charge in [0.05, 0.1) is 49.8 Å². The summed E-state index contributed by atoms with van der Waals surface area (Å²) in [6.07, 6.45) is 4.70. The third-order valence-electron chi connectivity index (χ3n) is 6.38. The van der Waals surface area contributed by atoms with Gasteiger partial charge in [0.15, 0.2) is 0 Å². The van der Waals surface area contributed by atoms with Crippen molar-refractivity contribution in [2.75, 3.05) is 26.4 Å². The van der Waals surface area contributed by atoms with Gasteiger partial charge in [-0.1, -0.05) is 79.4 Å². The van der Waals surface area contributed by atoms with Crippen molar-refractivity contribution in [3.8, 4) is 0 Å². The molecule has 36 heavy (non-hydrogen) atoms. The largest absolute Gasteiger partial charge is 0.394 e. The fourth-order valence-corrected chi connectivity index (χ4v) is 3.92. The average Bonchev–Trinajstić information content (AvgIpc) is 3.15. The lowest BCUT2D eigenvalue weighted by molar-refractivity contribution is -0.0761. The van der Waals surface area contributed by atoms with Gasteiger partial charge in [0.2, 0.25) is 0 Å². The molecule has 8 nitrogen and oxygen atoms in total. The third-order valence-corrected chi connectivity index (χ3v) is 6.38. The Morgan fingerprint density at radius 3 is 1.83 bits per heavy atom. The first-order valence-corrected chi connectivity index (χ1v) is 13.0. The number of carbonyl (C=O) groups is 2. The number of carbonyl (C=O) groups excluding carboxylic acids is 2. The minimum atomic E-state index is -0.550. The molecule has 0 spiro atoms. The Bertz CT molecular complexity index is 710. The van der Waals surface area contributed by atoms with Crippen LogP contribution in [0, 0.1) is 17.3 Å². The number of aliphatic hydroxyl groups excluding tert-OH is 4. The number of esters is 2. The smallest absolute Gasteiger partial charge is 0.346 e. The van der Waals surface area contributed by atoms with Crippen molar-refractivity contribution in [1.29, 1.82) is 0 Å². The highest BCUT2D eigenvalue weighted by Gasteiger charge is 2.37. The van der Waals surface area contributed by atoms with Crippen molar-refractivity contribution in [2.24, 2.45) is 17.3 Å². The van der Waals surface area contributed by atoms with Crippen molar-refractivity contribution in [3.05, 3.63) is 35.4 Å². The number of aliphatic hydroxyl groups is 4. The second-order valence-corrected chi connectivity index (χ2v) is 9.96. The Balaban J connectivity index is 0.000000571. The van der Waals surface area contributed by atoms with Crippen LogP contribution in [-0.4, -0.2) is 71.0 Å². The summed E-state index contributed by atoms with van der Waals surface area (Å²) in [7, 11) is 0. The minimum Gasteiger partial charge on any atom is -0.394 e. The Morgan fingerprint density at radius 1 is 0.944 bits per heavy atom. The molecule has 3 unspecified atom stereocenters. The first-order chi connectivity index (χ1) is 17.0. The van der Waals surface area contributed by atoms with E-state index in [2.05, 4.69) is 23.3 Å². The van der Waals surface area contributed by atoms with Crippen molar-refractivity contribution in [1.82, 2.24) is 0 Å². The Kier molecular flexibility index (Phi) is 17.5. The van der Waals surface area contributed by atoms with E-state index in [1.165, 1.54) is 19.3 Å². The molecule has 1 heterocycles. The fraction of sp³-hybridized carbons (Fsp3) is 0.714. The molecule has 1 aliphatic rings. The maximum Gasteiger partial charge on any atom is 0.346 e. The molecule has 0 bridgehead atoms. The molecule has 8 heteroatoms. The number of cyclic esters (lactones) is 2. The molecule has 2 rings (SSSR count). The molecule has 0 radical (unpaired) electrons. The highest BCUT2D eigenvalue weighted by atomic mass is 16.6. The first-order valence-electron chi connectivity index (χ1n) is 13.0. The monoisotopic (exact) mass is 512 g/mol. The molecule has 0 saturated heterocycles. The lowest BCUT2D eigenvalue weighted by Gasteiger charge is -2.38. The molecule has 0 aromatic heterocycles. The number of unbranched alkanes of at least 4 members (excludes halogenated alkanes) is 1. The predicted octanol–water partition coefficient (Wildman–Crippen LogP) is 3.98. The van der Waals surface area contributed by atoms with Crippen LogP contribution in [0.1, 0.15) is 94.4 Å². The maximum absolute atomic E-state index is 10.8. The summed E-state index contributed by atoms with van der Waals surface area (Å²) in [5.74, 6) is -0.333. The van der Waals surface area contributed by atoms with E-state index in [0.717, 1.165) is 12.8 Å². The highest BCUT2D eigenvalue weighted by Crippen LogP contribution is 2.34. The van der Waals surface area contributed by atoms with Crippen LogP contribution >= 0.6 is 0 Å². The maximum atomic E-state index is 10.8. The van der Waals surface area contributed by atoms with Gasteiger partial charge >= 0.3 is 11.9 Å². The predicted molar refractivity (Wildman–Crippen MR) is 140 cm³/mol. The van der Waals surface area contributed by atoms with Crippen LogP contribution in [0.5, 0.6) is 0 Å². The van der Waals surface area contributed by atoms with Crippen LogP contribution in [0.3, 0.4) is 0 Å². The molecular weight excluding hydrogens is 464 g/mol. The van der Waals surface area contributed by atoms with E-state index in [0.29, 0.717) is 30.3 Å². The second kappa shape index (κ2) is 18.4. The highest BCUT2D eigenvalue weighted by molar-refractivity contribution is 6.14. The topological polar surface area (TPSA) is 134 Å². The normalized spacial score (nSPS) is 15.2. The van der Waals surface area contributed by atoms with Gasteiger partial charge in [-0.2, -0.15) is 0 Å². The SMILES string of the molecule is CCCCC(CC)CC(O)C(C)(C)C(O)C(C)C.O=C1OC(=O)c2ccccc21.OCCOCCO. The summed E-state index contributed by atoms with van der Waals surface area (Å²) in [5.41, 5.74) is 0.295. The molecule has 0 fully saturated rings. The van der Waals surface area contributed by atoms with Gasteiger partial charge in [0, 0.05) is 5.41 Å². The average molecular weight is 513 g/mol. The molecule has 0 saturated carbocycles. The molecular formula is C28H48O8. The van der Waals surface area contributed by atoms with E-state index < -0.39 is 29.6 Å². The van der Waals surface area contributed by atoms with Crippen LogP contribution in [-0.2, 0) is 9.47 Å². The molecule has 1 aromatic rings. The Labute approximate surface area is 216 Å². The molecule has 208 valence electrons. The Hall–Kier alpha value is -1.84. The van der Waals surface area contributed by atoms with Gasteiger partial charge < -0.3 is 29.9 Å². The zero-order chi connectivity index (χ0) is 27.7. The summed E-state index contributed by atoms with van der Waals surface area (Å²) in [6.45, 7) is 13.1.